The number of nitriles is 1. The van der Waals surface area contributed by atoms with E-state index in [9.17, 15) is 4.79 Å². The molecule has 0 bridgehead atoms. The molecule has 0 aromatic heterocycles. The second-order valence-corrected chi connectivity index (χ2v) is 6.41. The molecule has 0 heterocycles. The van der Waals surface area contributed by atoms with E-state index in [2.05, 4.69) is 16.7 Å². The first-order valence-electron chi connectivity index (χ1n) is 7.52. The van der Waals surface area contributed by atoms with Crippen LogP contribution in [0.2, 0.25) is 5.02 Å². The van der Waals surface area contributed by atoms with Gasteiger partial charge in [0.1, 0.15) is 0 Å². The summed E-state index contributed by atoms with van der Waals surface area (Å²) in [6, 6.07) is 9.75. The van der Waals surface area contributed by atoms with Crippen molar-refractivity contribution < 1.29 is 4.79 Å². The van der Waals surface area contributed by atoms with Gasteiger partial charge >= 0.3 is 0 Å². The average Bonchev–Trinajstić information content (AvgIpc) is 2.50. The minimum atomic E-state index is -0.551. The lowest BCUT2D eigenvalue weighted by molar-refractivity contribution is -0.129. The van der Waals surface area contributed by atoms with Crippen molar-refractivity contribution in [3.05, 3.63) is 34.9 Å². The quantitative estimate of drug-likeness (QED) is 0.772. The van der Waals surface area contributed by atoms with Crippen LogP contribution in [0.1, 0.15) is 39.2 Å². The van der Waals surface area contributed by atoms with Gasteiger partial charge in [0.25, 0.3) is 0 Å². The minimum Gasteiger partial charge on any atom is -0.351 e. The zero-order valence-electron chi connectivity index (χ0n) is 13.4. The molecular weight excluding hydrogens is 298 g/mol. The first-order chi connectivity index (χ1) is 10.4. The number of benzene rings is 1. The van der Waals surface area contributed by atoms with Crippen LogP contribution >= 0.6 is 11.6 Å². The molecule has 0 radical (unpaired) electrons. The maximum Gasteiger partial charge on any atom is 0.227 e. The number of hydrogen-bond acceptors (Lipinski definition) is 3. The van der Waals surface area contributed by atoms with Gasteiger partial charge in [-0.3, -0.25) is 4.79 Å². The Balaban J connectivity index is 2.52. The molecule has 5 heteroatoms. The molecule has 1 atom stereocenters. The summed E-state index contributed by atoms with van der Waals surface area (Å²) in [6.07, 6.45) is 1.32. The normalized spacial score (nSPS) is 12.5. The van der Waals surface area contributed by atoms with Gasteiger partial charge < -0.3 is 10.6 Å². The van der Waals surface area contributed by atoms with Crippen LogP contribution in [-0.2, 0) is 11.3 Å². The van der Waals surface area contributed by atoms with Crippen LogP contribution in [-0.4, -0.2) is 18.5 Å². The Labute approximate surface area is 137 Å². The summed E-state index contributed by atoms with van der Waals surface area (Å²) < 4.78 is 0. The second kappa shape index (κ2) is 8.77. The first kappa shape index (κ1) is 18.5. The number of hydrogen-bond donors (Lipinski definition) is 2. The molecule has 0 aliphatic rings. The van der Waals surface area contributed by atoms with Gasteiger partial charge in [0.15, 0.2) is 0 Å². The average molecular weight is 322 g/mol. The fourth-order valence-electron chi connectivity index (χ4n) is 2.01. The lowest BCUT2D eigenvalue weighted by Gasteiger charge is -2.26. The van der Waals surface area contributed by atoms with E-state index in [0.717, 1.165) is 12.0 Å². The van der Waals surface area contributed by atoms with Crippen LogP contribution in [0.4, 0.5) is 0 Å². The van der Waals surface area contributed by atoms with E-state index in [1.165, 1.54) is 0 Å². The van der Waals surface area contributed by atoms with Gasteiger partial charge in [-0.25, -0.2) is 0 Å². The van der Waals surface area contributed by atoms with E-state index in [1.807, 2.05) is 45.0 Å². The SMILES string of the molecule is CC[C@@H](CC#N)NCC(C)(C)C(=O)NCc1ccccc1Cl. The highest BCUT2D eigenvalue weighted by atomic mass is 35.5. The third kappa shape index (κ3) is 5.67. The molecule has 0 saturated carbocycles. The highest BCUT2D eigenvalue weighted by Crippen LogP contribution is 2.17. The molecule has 1 aromatic rings. The maximum absolute atomic E-state index is 12.3. The molecule has 0 fully saturated rings. The van der Waals surface area contributed by atoms with Crippen molar-refractivity contribution in [3.63, 3.8) is 0 Å². The molecule has 0 aliphatic heterocycles. The summed E-state index contributed by atoms with van der Waals surface area (Å²) in [7, 11) is 0. The van der Waals surface area contributed by atoms with Gasteiger partial charge in [-0.15, -0.1) is 0 Å². The van der Waals surface area contributed by atoms with Gasteiger partial charge in [-0.1, -0.05) is 36.7 Å². The fraction of sp³-hybridized carbons (Fsp3) is 0.529. The maximum atomic E-state index is 12.3. The van der Waals surface area contributed by atoms with Gasteiger partial charge in [-0.2, -0.15) is 5.26 Å². The van der Waals surface area contributed by atoms with Crippen molar-refractivity contribution >= 4 is 17.5 Å². The van der Waals surface area contributed by atoms with E-state index in [4.69, 9.17) is 16.9 Å². The highest BCUT2D eigenvalue weighted by molar-refractivity contribution is 6.31. The topological polar surface area (TPSA) is 64.9 Å². The summed E-state index contributed by atoms with van der Waals surface area (Å²) in [5.74, 6) is -0.0354. The zero-order chi connectivity index (χ0) is 16.6. The van der Waals surface area contributed by atoms with Crippen molar-refractivity contribution in [2.45, 2.75) is 46.2 Å². The standard InChI is InChI=1S/C17H24ClN3O/c1-4-14(9-10-19)21-12-17(2,3)16(22)20-11-13-7-5-6-8-15(13)18/h5-8,14,21H,4,9,11-12H2,1-3H3,(H,20,22)/t14-/m0/s1. The molecule has 0 spiro atoms. The minimum absolute atomic E-state index is 0.0354. The number of carbonyl (C=O) groups is 1. The van der Waals surface area contributed by atoms with Crippen molar-refractivity contribution in [1.82, 2.24) is 10.6 Å². The van der Waals surface area contributed by atoms with Crippen molar-refractivity contribution in [1.29, 1.82) is 5.26 Å². The Morgan fingerprint density at radius 2 is 2.09 bits per heavy atom. The first-order valence-corrected chi connectivity index (χ1v) is 7.90. The Hall–Kier alpha value is -1.57. The van der Waals surface area contributed by atoms with Crippen molar-refractivity contribution in [3.8, 4) is 6.07 Å². The van der Waals surface area contributed by atoms with E-state index in [-0.39, 0.29) is 11.9 Å². The predicted molar refractivity (Wildman–Crippen MR) is 89.4 cm³/mol. The van der Waals surface area contributed by atoms with Crippen LogP contribution in [0.3, 0.4) is 0 Å². The molecule has 22 heavy (non-hydrogen) atoms. The van der Waals surface area contributed by atoms with Crippen LogP contribution < -0.4 is 10.6 Å². The van der Waals surface area contributed by atoms with E-state index >= 15 is 0 Å². The molecule has 2 N–H and O–H groups in total. The molecule has 1 rings (SSSR count). The number of amides is 1. The molecule has 0 saturated heterocycles. The second-order valence-electron chi connectivity index (χ2n) is 6.01. The fourth-order valence-corrected chi connectivity index (χ4v) is 2.21. The smallest absolute Gasteiger partial charge is 0.227 e. The van der Waals surface area contributed by atoms with E-state index in [1.54, 1.807) is 0 Å². The molecule has 0 aliphatic carbocycles. The number of nitrogens with zero attached hydrogens (tertiary/aromatic N) is 1. The summed E-state index contributed by atoms with van der Waals surface area (Å²) in [6.45, 7) is 6.75. The van der Waals surface area contributed by atoms with Crippen molar-refractivity contribution in [2.24, 2.45) is 5.41 Å². The summed E-state index contributed by atoms with van der Waals surface area (Å²) in [5, 5.41) is 15.6. The lowest BCUT2D eigenvalue weighted by atomic mass is 9.91. The molecule has 1 amide bonds. The van der Waals surface area contributed by atoms with E-state index < -0.39 is 5.41 Å². The summed E-state index contributed by atoms with van der Waals surface area (Å²) in [4.78, 5) is 12.3. The van der Waals surface area contributed by atoms with Crippen LogP contribution in [0.15, 0.2) is 24.3 Å². The Morgan fingerprint density at radius 1 is 1.41 bits per heavy atom. The number of nitrogens with one attached hydrogen (secondary N) is 2. The molecule has 1 aromatic carbocycles. The van der Waals surface area contributed by atoms with Crippen molar-refractivity contribution in [2.75, 3.05) is 6.54 Å². The van der Waals surface area contributed by atoms with Gasteiger partial charge in [0.05, 0.1) is 17.9 Å². The van der Waals surface area contributed by atoms with E-state index in [0.29, 0.717) is 24.5 Å². The van der Waals surface area contributed by atoms with Gasteiger partial charge in [-0.05, 0) is 31.9 Å². The molecule has 0 unspecified atom stereocenters. The predicted octanol–water partition coefficient (Wildman–Crippen LogP) is 3.26. The third-order valence-corrected chi connectivity index (χ3v) is 4.04. The summed E-state index contributed by atoms with van der Waals surface area (Å²) >= 11 is 6.08. The Bertz CT molecular complexity index is 537. The van der Waals surface area contributed by atoms with Crippen LogP contribution in [0, 0.1) is 16.7 Å². The van der Waals surface area contributed by atoms with Crippen LogP contribution in [0.5, 0.6) is 0 Å². The lowest BCUT2D eigenvalue weighted by Crippen LogP contribution is -2.45. The number of carbonyl (C=O) groups excluding carboxylic acids is 1. The Kier molecular flexibility index (Phi) is 7.37. The molecular formula is C17H24ClN3O. The summed E-state index contributed by atoms with van der Waals surface area (Å²) in [5.41, 5.74) is 0.349. The molecule has 4 nitrogen and oxygen atoms in total. The number of rotatable bonds is 8. The molecule has 120 valence electrons. The van der Waals surface area contributed by atoms with Crippen LogP contribution in [0.25, 0.3) is 0 Å². The highest BCUT2D eigenvalue weighted by Gasteiger charge is 2.28. The number of halogens is 1. The monoisotopic (exact) mass is 321 g/mol. The Morgan fingerprint density at radius 3 is 2.68 bits per heavy atom. The zero-order valence-corrected chi connectivity index (χ0v) is 14.2. The van der Waals surface area contributed by atoms with Gasteiger partial charge in [0, 0.05) is 24.2 Å². The van der Waals surface area contributed by atoms with Gasteiger partial charge in [0.2, 0.25) is 5.91 Å². The third-order valence-electron chi connectivity index (χ3n) is 3.68. The largest absolute Gasteiger partial charge is 0.351 e.